The Morgan fingerprint density at radius 1 is 1.10 bits per heavy atom. The predicted molar refractivity (Wildman–Crippen MR) is 120 cm³/mol. The van der Waals surface area contributed by atoms with Crippen LogP contribution in [0.1, 0.15) is 0 Å². The van der Waals surface area contributed by atoms with Crippen LogP contribution in [0, 0.1) is 0 Å². The molecule has 0 fully saturated rings. The van der Waals surface area contributed by atoms with E-state index in [0.29, 0.717) is 33.6 Å². The molecule has 3 aromatic rings. The molecular formula is C22H19ClN2O5S. The van der Waals surface area contributed by atoms with E-state index in [4.69, 9.17) is 21.1 Å². The Bertz CT molecular complexity index is 1220. The predicted octanol–water partition coefficient (Wildman–Crippen LogP) is 4.30. The van der Waals surface area contributed by atoms with Gasteiger partial charge in [-0.1, -0.05) is 41.9 Å². The van der Waals surface area contributed by atoms with Gasteiger partial charge < -0.3 is 14.8 Å². The van der Waals surface area contributed by atoms with Crippen LogP contribution < -0.4 is 19.1 Å². The summed E-state index contributed by atoms with van der Waals surface area (Å²) in [5.41, 5.74) is 0.736. The first-order chi connectivity index (χ1) is 14.8. The van der Waals surface area contributed by atoms with Crippen LogP contribution in [0.25, 0.3) is 0 Å². The number of para-hydroxylation sites is 3. The molecule has 7 nitrogen and oxygen atoms in total. The van der Waals surface area contributed by atoms with Crippen molar-refractivity contribution in [1.29, 1.82) is 0 Å². The molecule has 4 rings (SSSR count). The Kier molecular flexibility index (Phi) is 5.75. The lowest BCUT2D eigenvalue weighted by molar-refractivity contribution is -0.122. The zero-order chi connectivity index (χ0) is 22.0. The van der Waals surface area contributed by atoms with Gasteiger partial charge in [0.25, 0.3) is 5.91 Å². The molecular weight excluding hydrogens is 440 g/mol. The molecule has 1 aliphatic heterocycles. The van der Waals surface area contributed by atoms with E-state index in [0.717, 1.165) is 10.6 Å². The van der Waals surface area contributed by atoms with E-state index in [1.807, 2.05) is 18.2 Å². The highest BCUT2D eigenvalue weighted by atomic mass is 35.5. The van der Waals surface area contributed by atoms with Gasteiger partial charge in [-0.15, -0.1) is 0 Å². The Hall–Kier alpha value is -3.23. The van der Waals surface area contributed by atoms with Crippen molar-refractivity contribution in [3.05, 3.63) is 77.8 Å². The largest absolute Gasteiger partial charge is 0.476 e. The van der Waals surface area contributed by atoms with Crippen molar-refractivity contribution >= 4 is 38.9 Å². The van der Waals surface area contributed by atoms with Gasteiger partial charge in [0.05, 0.1) is 24.2 Å². The van der Waals surface area contributed by atoms with Crippen molar-refractivity contribution in [2.45, 2.75) is 6.10 Å². The average molecular weight is 459 g/mol. The molecule has 0 bridgehead atoms. The van der Waals surface area contributed by atoms with Crippen LogP contribution in [-0.2, 0) is 14.8 Å². The van der Waals surface area contributed by atoms with E-state index in [9.17, 15) is 13.2 Å². The average Bonchev–Trinajstić information content (AvgIpc) is 2.75. The summed E-state index contributed by atoms with van der Waals surface area (Å²) in [6.07, 6.45) is 0.0282. The number of hydrogen-bond acceptors (Lipinski definition) is 5. The van der Waals surface area contributed by atoms with Gasteiger partial charge in [0.2, 0.25) is 10.0 Å². The molecule has 0 aromatic heterocycles. The first-order valence-electron chi connectivity index (χ1n) is 9.38. The van der Waals surface area contributed by atoms with Crippen molar-refractivity contribution in [2.24, 2.45) is 0 Å². The van der Waals surface area contributed by atoms with Crippen LogP contribution in [0.3, 0.4) is 0 Å². The maximum Gasteiger partial charge on any atom is 0.267 e. The summed E-state index contributed by atoms with van der Waals surface area (Å²) in [5.74, 6) is 0.765. The minimum Gasteiger partial charge on any atom is -0.476 e. The molecule has 3 aromatic carbocycles. The van der Waals surface area contributed by atoms with E-state index >= 15 is 0 Å². The third-order valence-corrected chi connectivity index (χ3v) is 5.98. The summed E-state index contributed by atoms with van der Waals surface area (Å²) in [6, 6.07) is 20.6. The molecule has 0 radical (unpaired) electrons. The molecule has 31 heavy (non-hydrogen) atoms. The molecule has 160 valence electrons. The molecule has 0 spiro atoms. The summed E-state index contributed by atoms with van der Waals surface area (Å²) in [5, 5.41) is 3.16. The summed E-state index contributed by atoms with van der Waals surface area (Å²) in [6.45, 7) is -0.156. The van der Waals surface area contributed by atoms with E-state index in [2.05, 4.69) is 5.32 Å². The number of benzene rings is 3. The topological polar surface area (TPSA) is 84.9 Å². The Labute approximate surface area is 185 Å². The minimum absolute atomic E-state index is 0.156. The second kappa shape index (κ2) is 8.49. The molecule has 9 heteroatoms. The van der Waals surface area contributed by atoms with Crippen molar-refractivity contribution in [2.75, 3.05) is 22.4 Å². The number of amides is 1. The number of halogens is 1. The van der Waals surface area contributed by atoms with Crippen LogP contribution >= 0.6 is 11.6 Å². The molecule has 1 aliphatic rings. The minimum atomic E-state index is -3.61. The number of fused-ring (bicyclic) bond motifs is 1. The number of ether oxygens (including phenoxy) is 2. The van der Waals surface area contributed by atoms with Gasteiger partial charge >= 0.3 is 0 Å². The number of rotatable bonds is 5. The van der Waals surface area contributed by atoms with E-state index in [1.54, 1.807) is 54.6 Å². The zero-order valence-electron chi connectivity index (χ0n) is 16.5. The Morgan fingerprint density at radius 3 is 2.55 bits per heavy atom. The summed E-state index contributed by atoms with van der Waals surface area (Å²) < 4.78 is 37.4. The molecule has 1 amide bonds. The van der Waals surface area contributed by atoms with E-state index < -0.39 is 22.0 Å². The van der Waals surface area contributed by atoms with Crippen LogP contribution in [0.4, 0.5) is 11.4 Å². The molecule has 0 saturated carbocycles. The lowest BCUT2D eigenvalue weighted by Gasteiger charge is -2.33. The SMILES string of the molecule is CS(=O)(=O)N1C[C@H](C(=O)Nc2cc(Cl)ccc2Oc2ccccc2)Oc2ccccc21. The smallest absolute Gasteiger partial charge is 0.267 e. The van der Waals surface area contributed by atoms with E-state index in [1.165, 1.54) is 0 Å². The standard InChI is InChI=1S/C22H19ClN2O5S/c1-31(27,28)25-14-21(30-20-10-6-5-9-18(20)25)22(26)24-17-13-15(23)11-12-19(17)29-16-7-3-2-4-8-16/h2-13,21H,14H2,1H3,(H,24,26)/t21-/m1/s1. The van der Waals surface area contributed by atoms with Crippen LogP contribution in [0.5, 0.6) is 17.2 Å². The van der Waals surface area contributed by atoms with Crippen molar-refractivity contribution in [1.82, 2.24) is 0 Å². The maximum atomic E-state index is 13.0. The van der Waals surface area contributed by atoms with Gasteiger partial charge in [-0.25, -0.2) is 8.42 Å². The summed E-state index contributed by atoms with van der Waals surface area (Å²) in [4.78, 5) is 13.0. The number of hydrogen-bond donors (Lipinski definition) is 1. The normalized spacial score (nSPS) is 15.5. The van der Waals surface area contributed by atoms with Crippen LogP contribution in [-0.4, -0.2) is 33.2 Å². The first kappa shape index (κ1) is 21.0. The highest BCUT2D eigenvalue weighted by Crippen LogP contribution is 2.36. The van der Waals surface area contributed by atoms with Crippen molar-refractivity contribution < 1.29 is 22.7 Å². The fourth-order valence-corrected chi connectivity index (χ4v) is 4.26. The lowest BCUT2D eigenvalue weighted by atomic mass is 10.2. The molecule has 1 heterocycles. The molecule has 0 saturated heterocycles. The Balaban J connectivity index is 1.59. The number of carbonyl (C=O) groups is 1. The van der Waals surface area contributed by atoms with E-state index in [-0.39, 0.29) is 6.54 Å². The quantitative estimate of drug-likeness (QED) is 0.616. The summed E-state index contributed by atoms with van der Waals surface area (Å²) in [7, 11) is -3.61. The number of anilines is 2. The molecule has 0 unspecified atom stereocenters. The maximum absolute atomic E-state index is 13.0. The van der Waals surface area contributed by atoms with Crippen molar-refractivity contribution in [3.8, 4) is 17.2 Å². The Morgan fingerprint density at radius 2 is 1.81 bits per heavy atom. The van der Waals surface area contributed by atoms with Crippen molar-refractivity contribution in [3.63, 3.8) is 0 Å². The second-order valence-corrected chi connectivity index (χ2v) is 9.26. The number of nitrogens with one attached hydrogen (secondary N) is 1. The fraction of sp³-hybridized carbons (Fsp3) is 0.136. The molecule has 1 atom stereocenters. The monoisotopic (exact) mass is 458 g/mol. The first-order valence-corrected chi connectivity index (χ1v) is 11.6. The van der Waals surface area contributed by atoms with Gasteiger partial charge in [-0.3, -0.25) is 9.10 Å². The van der Waals surface area contributed by atoms with Gasteiger partial charge in [-0.05, 0) is 42.5 Å². The van der Waals surface area contributed by atoms with Crippen LogP contribution in [0.2, 0.25) is 5.02 Å². The number of sulfonamides is 1. The zero-order valence-corrected chi connectivity index (χ0v) is 18.1. The van der Waals surface area contributed by atoms with Gasteiger partial charge in [0.1, 0.15) is 11.5 Å². The highest BCUT2D eigenvalue weighted by Gasteiger charge is 2.35. The number of carbonyl (C=O) groups excluding carboxylic acids is 1. The van der Waals surface area contributed by atoms with Gasteiger partial charge in [-0.2, -0.15) is 0 Å². The molecule has 0 aliphatic carbocycles. The highest BCUT2D eigenvalue weighted by molar-refractivity contribution is 7.92. The second-order valence-electron chi connectivity index (χ2n) is 6.91. The van der Waals surface area contributed by atoms with Gasteiger partial charge in [0.15, 0.2) is 11.9 Å². The molecule has 1 N–H and O–H groups in total. The lowest BCUT2D eigenvalue weighted by Crippen LogP contribution is -2.48. The third kappa shape index (κ3) is 4.76. The van der Waals surface area contributed by atoms with Crippen LogP contribution in [0.15, 0.2) is 72.8 Å². The summed E-state index contributed by atoms with van der Waals surface area (Å²) >= 11 is 6.11. The fourth-order valence-electron chi connectivity index (χ4n) is 3.17. The number of nitrogens with zero attached hydrogens (tertiary/aromatic N) is 1. The third-order valence-electron chi connectivity index (χ3n) is 4.60. The van der Waals surface area contributed by atoms with Gasteiger partial charge in [0, 0.05) is 5.02 Å².